The number of hydrogen-bond acceptors (Lipinski definition) is 3. The first-order chi connectivity index (χ1) is 5.41. The van der Waals surface area contributed by atoms with E-state index in [4.69, 9.17) is 8.54 Å². The topological polar surface area (TPSA) is 38.7 Å². The lowest BCUT2D eigenvalue weighted by atomic mass is 10.4. The maximum atomic E-state index is 9.50. The van der Waals surface area contributed by atoms with Gasteiger partial charge in [-0.15, -0.1) is 0 Å². The molecule has 3 nitrogen and oxygen atoms in total. The largest absolute Gasteiger partial charge is 0.436 e. The smallest absolute Gasteiger partial charge is 0.323 e. The van der Waals surface area contributed by atoms with Gasteiger partial charge in [0.1, 0.15) is 0 Å². The van der Waals surface area contributed by atoms with Crippen molar-refractivity contribution in [3.63, 3.8) is 0 Å². The first-order valence-electron chi connectivity index (χ1n) is 4.54. The molecule has 80 valence electrons. The van der Waals surface area contributed by atoms with E-state index < -0.39 is 22.7 Å². The predicted molar refractivity (Wildman–Crippen MR) is 59.3 cm³/mol. The van der Waals surface area contributed by atoms with E-state index in [1.165, 1.54) is 0 Å². The van der Waals surface area contributed by atoms with Gasteiger partial charge in [0.2, 0.25) is 0 Å². The van der Waals surface area contributed by atoms with Crippen LogP contribution in [0.5, 0.6) is 0 Å². The van der Waals surface area contributed by atoms with Gasteiger partial charge in [-0.05, 0) is 46.6 Å². The summed E-state index contributed by atoms with van der Waals surface area (Å²) in [6.45, 7) is 13.6. The molecule has 0 unspecified atom stereocenters. The van der Waals surface area contributed by atoms with Gasteiger partial charge in [-0.2, -0.15) is 0 Å². The van der Waals surface area contributed by atoms with Crippen LogP contribution in [0.2, 0.25) is 32.7 Å². The summed E-state index contributed by atoms with van der Waals surface area (Å²) in [6, 6.07) is 0. The molecule has 0 aromatic heterocycles. The molecule has 0 fully saturated rings. The summed E-state index contributed by atoms with van der Waals surface area (Å²) >= 11 is 0. The quantitative estimate of drug-likeness (QED) is 0.586. The minimum Gasteiger partial charge on any atom is -0.436 e. The Morgan fingerprint density at radius 1 is 1.00 bits per heavy atom. The molecule has 0 radical (unpaired) electrons. The summed E-state index contributed by atoms with van der Waals surface area (Å²) in [4.78, 5) is 0. The Morgan fingerprint density at radius 3 is 1.62 bits per heavy atom. The Morgan fingerprint density at radius 2 is 1.38 bits per heavy atom. The summed E-state index contributed by atoms with van der Waals surface area (Å²) in [6.07, 6.45) is 0. The molecular weight excluding hydrogens is 200 g/mol. The Labute approximate surface area is 83.4 Å². The third kappa shape index (κ3) is 8.64. The minimum atomic E-state index is -2.16. The Hall–Kier alpha value is 0.314. The summed E-state index contributed by atoms with van der Waals surface area (Å²) in [5, 5.41) is 9.50. The standard InChI is InChI=1S/C8H22O3Si2/c1-8(2,9)10-13(6,7)11-12(3,4)5/h9H,1-7H3. The fraction of sp³-hybridized carbons (Fsp3) is 1.00. The van der Waals surface area contributed by atoms with Crippen LogP contribution in [0.25, 0.3) is 0 Å². The van der Waals surface area contributed by atoms with Crippen molar-refractivity contribution in [1.29, 1.82) is 0 Å². The maximum Gasteiger partial charge on any atom is 0.323 e. The van der Waals surface area contributed by atoms with E-state index in [1.807, 2.05) is 13.1 Å². The molecule has 0 bridgehead atoms. The van der Waals surface area contributed by atoms with Crippen LogP contribution in [-0.4, -0.2) is 27.8 Å². The van der Waals surface area contributed by atoms with Crippen molar-refractivity contribution in [3.8, 4) is 0 Å². The molecule has 0 rings (SSSR count). The monoisotopic (exact) mass is 222 g/mol. The molecule has 0 aliphatic heterocycles. The third-order valence-corrected chi connectivity index (χ3v) is 6.45. The van der Waals surface area contributed by atoms with E-state index in [0.717, 1.165) is 0 Å². The van der Waals surface area contributed by atoms with Gasteiger partial charge in [0.05, 0.1) is 0 Å². The highest BCUT2D eigenvalue weighted by molar-refractivity contribution is 6.81. The SMILES string of the molecule is CC(C)(O)O[Si](C)(C)O[Si](C)(C)C. The van der Waals surface area contributed by atoms with Crippen LogP contribution < -0.4 is 0 Å². The van der Waals surface area contributed by atoms with Crippen LogP contribution in [0.4, 0.5) is 0 Å². The number of hydrogen-bond donors (Lipinski definition) is 1. The first kappa shape index (κ1) is 13.3. The van der Waals surface area contributed by atoms with E-state index in [9.17, 15) is 5.11 Å². The van der Waals surface area contributed by atoms with Crippen molar-refractivity contribution in [2.75, 3.05) is 0 Å². The van der Waals surface area contributed by atoms with E-state index >= 15 is 0 Å². The van der Waals surface area contributed by atoms with Crippen molar-refractivity contribution < 1.29 is 13.6 Å². The number of rotatable bonds is 4. The van der Waals surface area contributed by atoms with Crippen LogP contribution >= 0.6 is 0 Å². The van der Waals surface area contributed by atoms with E-state index in [2.05, 4.69) is 19.6 Å². The van der Waals surface area contributed by atoms with Gasteiger partial charge in [-0.3, -0.25) is 0 Å². The Kier molecular flexibility index (Phi) is 3.91. The van der Waals surface area contributed by atoms with Gasteiger partial charge >= 0.3 is 8.56 Å². The van der Waals surface area contributed by atoms with E-state index in [1.54, 1.807) is 13.8 Å². The lowest BCUT2D eigenvalue weighted by molar-refractivity contribution is -0.120. The van der Waals surface area contributed by atoms with Crippen molar-refractivity contribution in [2.45, 2.75) is 52.4 Å². The molecule has 0 aromatic carbocycles. The van der Waals surface area contributed by atoms with Crippen LogP contribution in [0, 0.1) is 0 Å². The summed E-state index contributed by atoms with van der Waals surface area (Å²) in [5.74, 6) is -1.09. The molecule has 13 heavy (non-hydrogen) atoms. The van der Waals surface area contributed by atoms with Gasteiger partial charge in [0.15, 0.2) is 14.1 Å². The Balaban J connectivity index is 4.25. The first-order valence-corrected chi connectivity index (χ1v) is 10.8. The molecule has 5 heteroatoms. The van der Waals surface area contributed by atoms with Crippen LogP contribution in [0.1, 0.15) is 13.8 Å². The zero-order valence-electron chi connectivity index (χ0n) is 9.76. The summed E-state index contributed by atoms with van der Waals surface area (Å²) in [7, 11) is -3.73. The predicted octanol–water partition coefficient (Wildman–Crippen LogP) is 2.28. The molecule has 0 saturated heterocycles. The zero-order valence-corrected chi connectivity index (χ0v) is 11.8. The fourth-order valence-electron chi connectivity index (χ4n) is 1.36. The lowest BCUT2D eigenvalue weighted by Gasteiger charge is -2.35. The average molecular weight is 222 g/mol. The van der Waals surface area contributed by atoms with Gasteiger partial charge in [-0.25, -0.2) is 0 Å². The zero-order chi connectivity index (χ0) is 10.9. The molecule has 0 aliphatic rings. The van der Waals surface area contributed by atoms with E-state index in [-0.39, 0.29) is 0 Å². The molecule has 0 saturated carbocycles. The number of aliphatic hydroxyl groups is 1. The Bertz CT molecular complexity index is 149. The molecule has 1 N–H and O–H groups in total. The van der Waals surface area contributed by atoms with Crippen molar-refractivity contribution in [3.05, 3.63) is 0 Å². The molecule has 0 atom stereocenters. The molecule has 0 aromatic rings. The average Bonchev–Trinajstić information content (AvgIpc) is 1.43. The van der Waals surface area contributed by atoms with Crippen molar-refractivity contribution in [2.24, 2.45) is 0 Å². The minimum absolute atomic E-state index is 1.09. The molecular formula is C8H22O3Si2. The van der Waals surface area contributed by atoms with Gasteiger partial charge in [0.25, 0.3) is 0 Å². The maximum absolute atomic E-state index is 9.50. The van der Waals surface area contributed by atoms with Crippen LogP contribution in [-0.2, 0) is 8.54 Å². The lowest BCUT2D eigenvalue weighted by Crippen LogP contribution is -2.49. The summed E-state index contributed by atoms with van der Waals surface area (Å²) in [5.41, 5.74) is 0. The summed E-state index contributed by atoms with van der Waals surface area (Å²) < 4.78 is 11.4. The second-order valence-electron chi connectivity index (χ2n) is 5.16. The molecule has 0 amide bonds. The van der Waals surface area contributed by atoms with Gasteiger partial charge in [0, 0.05) is 0 Å². The normalized spacial score (nSPS) is 14.8. The highest BCUT2D eigenvalue weighted by Crippen LogP contribution is 2.20. The molecule has 0 spiro atoms. The highest BCUT2D eigenvalue weighted by atomic mass is 28.4. The van der Waals surface area contributed by atoms with Gasteiger partial charge in [-0.1, -0.05) is 0 Å². The van der Waals surface area contributed by atoms with Crippen LogP contribution in [0.15, 0.2) is 0 Å². The highest BCUT2D eigenvalue weighted by Gasteiger charge is 2.35. The van der Waals surface area contributed by atoms with Crippen molar-refractivity contribution >= 4 is 16.9 Å². The van der Waals surface area contributed by atoms with E-state index in [0.29, 0.717) is 0 Å². The van der Waals surface area contributed by atoms with Crippen molar-refractivity contribution in [1.82, 2.24) is 0 Å². The van der Waals surface area contributed by atoms with Gasteiger partial charge < -0.3 is 13.6 Å². The molecule has 0 heterocycles. The molecule has 0 aliphatic carbocycles. The second-order valence-corrected chi connectivity index (χ2v) is 13.2. The second kappa shape index (κ2) is 3.82. The van der Waals surface area contributed by atoms with Crippen LogP contribution in [0.3, 0.4) is 0 Å². The fourth-order valence-corrected chi connectivity index (χ4v) is 8.63. The third-order valence-electron chi connectivity index (χ3n) is 1.05.